The highest BCUT2D eigenvalue weighted by Gasteiger charge is 2.39. The Bertz CT molecular complexity index is 489. The highest BCUT2D eigenvalue weighted by molar-refractivity contribution is 9.10. The van der Waals surface area contributed by atoms with Gasteiger partial charge in [-0.1, -0.05) is 25.7 Å². The van der Waals surface area contributed by atoms with Gasteiger partial charge in [0.2, 0.25) is 0 Å². The van der Waals surface area contributed by atoms with Crippen LogP contribution in [0, 0.1) is 5.41 Å². The Labute approximate surface area is 125 Å². The summed E-state index contributed by atoms with van der Waals surface area (Å²) in [5.74, 6) is -1.12. The van der Waals surface area contributed by atoms with Crippen molar-refractivity contribution in [2.24, 2.45) is 5.41 Å². The van der Waals surface area contributed by atoms with E-state index in [4.69, 9.17) is 4.42 Å². The summed E-state index contributed by atoms with van der Waals surface area (Å²) in [7, 11) is 0. The fourth-order valence-electron chi connectivity index (χ4n) is 2.67. The van der Waals surface area contributed by atoms with Gasteiger partial charge in [-0.25, -0.2) is 0 Å². The van der Waals surface area contributed by atoms with Gasteiger partial charge in [-0.15, -0.1) is 0 Å². The second kappa shape index (κ2) is 6.43. The van der Waals surface area contributed by atoms with E-state index in [9.17, 15) is 14.7 Å². The molecule has 1 fully saturated rings. The molecular formula is C14H18BrNO4. The number of aliphatic carboxylic acids is 1. The van der Waals surface area contributed by atoms with E-state index in [2.05, 4.69) is 21.2 Å². The summed E-state index contributed by atoms with van der Waals surface area (Å²) in [5, 5.41) is 12.3. The van der Waals surface area contributed by atoms with Crippen LogP contribution in [0.4, 0.5) is 0 Å². The Hall–Kier alpha value is -1.30. The van der Waals surface area contributed by atoms with E-state index in [0.29, 0.717) is 23.1 Å². The van der Waals surface area contributed by atoms with Gasteiger partial charge < -0.3 is 14.8 Å². The van der Waals surface area contributed by atoms with Crippen molar-refractivity contribution in [2.45, 2.75) is 38.5 Å². The third-order valence-corrected chi connectivity index (χ3v) is 4.58. The van der Waals surface area contributed by atoms with E-state index in [-0.39, 0.29) is 12.5 Å². The predicted octanol–water partition coefficient (Wildman–Crippen LogP) is 3.20. The molecule has 2 N–H and O–H groups in total. The van der Waals surface area contributed by atoms with Gasteiger partial charge in [-0.2, -0.15) is 0 Å². The van der Waals surface area contributed by atoms with Crippen LogP contribution in [0.1, 0.15) is 48.9 Å². The third-order valence-electron chi connectivity index (χ3n) is 3.96. The number of hydrogen-bond donors (Lipinski definition) is 2. The number of carbonyl (C=O) groups is 2. The fraction of sp³-hybridized carbons (Fsp3) is 0.571. The molecule has 110 valence electrons. The number of nitrogens with one attached hydrogen (secondary N) is 1. The second-order valence-corrected chi connectivity index (χ2v) is 6.01. The lowest BCUT2D eigenvalue weighted by Gasteiger charge is -2.28. The zero-order valence-electron chi connectivity index (χ0n) is 11.2. The summed E-state index contributed by atoms with van der Waals surface area (Å²) in [6.45, 7) is 0.165. The van der Waals surface area contributed by atoms with E-state index >= 15 is 0 Å². The minimum atomic E-state index is -0.831. The average molecular weight is 344 g/mol. The molecule has 1 aromatic heterocycles. The number of hydrogen-bond acceptors (Lipinski definition) is 3. The molecule has 2 rings (SSSR count). The topological polar surface area (TPSA) is 79.5 Å². The molecule has 0 radical (unpaired) electrons. The van der Waals surface area contributed by atoms with E-state index in [1.165, 1.54) is 6.26 Å². The van der Waals surface area contributed by atoms with Crippen molar-refractivity contribution >= 4 is 27.8 Å². The normalized spacial score (nSPS) is 18.2. The molecule has 0 saturated heterocycles. The Morgan fingerprint density at radius 2 is 1.95 bits per heavy atom. The molecule has 1 aromatic rings. The number of rotatable bonds is 4. The zero-order valence-corrected chi connectivity index (χ0v) is 12.7. The lowest BCUT2D eigenvalue weighted by Crippen LogP contribution is -2.42. The summed E-state index contributed by atoms with van der Waals surface area (Å²) in [6.07, 6.45) is 6.59. The quantitative estimate of drug-likeness (QED) is 0.822. The monoisotopic (exact) mass is 343 g/mol. The maximum atomic E-state index is 12.0. The van der Waals surface area contributed by atoms with Crippen LogP contribution in [0.15, 0.2) is 21.4 Å². The van der Waals surface area contributed by atoms with Crippen molar-refractivity contribution in [3.8, 4) is 0 Å². The van der Waals surface area contributed by atoms with Crippen molar-refractivity contribution in [3.05, 3.63) is 22.6 Å². The lowest BCUT2D eigenvalue weighted by atomic mass is 9.80. The number of halogens is 1. The van der Waals surface area contributed by atoms with E-state index in [1.807, 2.05) is 0 Å². The first-order valence-corrected chi connectivity index (χ1v) is 7.59. The average Bonchev–Trinajstić information content (AvgIpc) is 2.71. The molecule has 5 nitrogen and oxygen atoms in total. The van der Waals surface area contributed by atoms with Crippen molar-refractivity contribution in [1.29, 1.82) is 0 Å². The van der Waals surface area contributed by atoms with Crippen LogP contribution in [0.3, 0.4) is 0 Å². The Morgan fingerprint density at radius 1 is 1.30 bits per heavy atom. The summed E-state index contributed by atoms with van der Waals surface area (Å²) in [5.41, 5.74) is -0.443. The minimum absolute atomic E-state index is 0.165. The molecule has 0 aromatic carbocycles. The molecule has 0 bridgehead atoms. The Kier molecular flexibility index (Phi) is 4.86. The van der Waals surface area contributed by atoms with Gasteiger partial charge in [0.1, 0.15) is 0 Å². The van der Waals surface area contributed by atoms with Crippen LogP contribution >= 0.6 is 15.9 Å². The molecule has 6 heteroatoms. The van der Waals surface area contributed by atoms with Crippen LogP contribution in [0.5, 0.6) is 0 Å². The largest absolute Gasteiger partial charge is 0.481 e. The van der Waals surface area contributed by atoms with E-state index in [0.717, 1.165) is 25.7 Å². The van der Waals surface area contributed by atoms with E-state index < -0.39 is 11.4 Å². The standard InChI is InChI=1S/C14H18BrNO4/c15-11-10(5-8-20-11)12(17)16-9-14(13(18)19)6-3-1-2-4-7-14/h5,8H,1-4,6-7,9H2,(H,16,17)(H,18,19). The van der Waals surface area contributed by atoms with Crippen LogP contribution in [0.2, 0.25) is 0 Å². The van der Waals surface area contributed by atoms with Gasteiger partial charge >= 0.3 is 5.97 Å². The SMILES string of the molecule is O=C(NCC1(C(=O)O)CCCCCC1)c1ccoc1Br. The maximum Gasteiger partial charge on any atom is 0.311 e. The number of carboxylic acid groups (broad SMARTS) is 1. The summed E-state index contributed by atoms with van der Waals surface area (Å²) >= 11 is 3.14. The first-order chi connectivity index (χ1) is 9.55. The molecule has 1 aliphatic rings. The molecule has 0 spiro atoms. The van der Waals surface area contributed by atoms with Crippen LogP contribution in [-0.2, 0) is 4.79 Å². The molecule has 0 aliphatic heterocycles. The van der Waals surface area contributed by atoms with Gasteiger partial charge in [-0.05, 0) is 34.8 Å². The summed E-state index contributed by atoms with van der Waals surface area (Å²) in [6, 6.07) is 1.56. The summed E-state index contributed by atoms with van der Waals surface area (Å²) in [4.78, 5) is 23.6. The molecule has 0 atom stereocenters. The van der Waals surface area contributed by atoms with Crippen LogP contribution in [-0.4, -0.2) is 23.5 Å². The maximum absolute atomic E-state index is 12.0. The minimum Gasteiger partial charge on any atom is -0.481 e. The highest BCUT2D eigenvalue weighted by Crippen LogP contribution is 2.35. The highest BCUT2D eigenvalue weighted by atomic mass is 79.9. The van der Waals surface area contributed by atoms with Gasteiger partial charge in [0.05, 0.1) is 17.2 Å². The molecule has 0 unspecified atom stereocenters. The molecular weight excluding hydrogens is 326 g/mol. The van der Waals surface area contributed by atoms with Crippen molar-refractivity contribution in [2.75, 3.05) is 6.54 Å². The Balaban J connectivity index is 2.04. The van der Waals surface area contributed by atoms with Crippen molar-refractivity contribution in [3.63, 3.8) is 0 Å². The molecule has 20 heavy (non-hydrogen) atoms. The first-order valence-electron chi connectivity index (χ1n) is 6.80. The Morgan fingerprint density at radius 3 is 2.45 bits per heavy atom. The predicted molar refractivity (Wildman–Crippen MR) is 76.5 cm³/mol. The lowest BCUT2D eigenvalue weighted by molar-refractivity contribution is -0.149. The molecule has 1 saturated carbocycles. The first kappa shape index (κ1) is 15.1. The number of amides is 1. The van der Waals surface area contributed by atoms with Crippen molar-refractivity contribution in [1.82, 2.24) is 5.32 Å². The van der Waals surface area contributed by atoms with Crippen molar-refractivity contribution < 1.29 is 19.1 Å². The van der Waals surface area contributed by atoms with Gasteiger partial charge in [0, 0.05) is 6.54 Å². The van der Waals surface area contributed by atoms with Crippen LogP contribution < -0.4 is 5.32 Å². The summed E-state index contributed by atoms with van der Waals surface area (Å²) < 4.78 is 5.37. The second-order valence-electron chi connectivity index (χ2n) is 5.29. The number of carboxylic acids is 1. The zero-order chi connectivity index (χ0) is 14.6. The number of carbonyl (C=O) groups excluding carboxylic acids is 1. The van der Waals surface area contributed by atoms with Gasteiger partial charge in [-0.3, -0.25) is 9.59 Å². The third kappa shape index (κ3) is 3.23. The van der Waals surface area contributed by atoms with Gasteiger partial charge in [0.25, 0.3) is 5.91 Å². The number of furan rings is 1. The fourth-order valence-corrected chi connectivity index (χ4v) is 3.09. The van der Waals surface area contributed by atoms with Crippen LogP contribution in [0.25, 0.3) is 0 Å². The molecule has 1 heterocycles. The van der Waals surface area contributed by atoms with Gasteiger partial charge in [0.15, 0.2) is 4.67 Å². The molecule has 1 aliphatic carbocycles. The van der Waals surface area contributed by atoms with E-state index in [1.54, 1.807) is 6.07 Å². The smallest absolute Gasteiger partial charge is 0.311 e. The molecule has 1 amide bonds.